The molecular weight excluding hydrogens is 370 g/mol. The minimum absolute atomic E-state index is 0.0378. The average Bonchev–Trinajstić information content (AvgIpc) is 2.64. The summed E-state index contributed by atoms with van der Waals surface area (Å²) >= 11 is 7.73. The SMILES string of the molecule is [C-]#[N+]C(C)(C)c1ccc2c(=O)c3ccc(Cl)c(SC)c3n(CC=O)c2n1. The van der Waals surface area contributed by atoms with Gasteiger partial charge in [-0.05, 0) is 30.5 Å². The Labute approximate surface area is 159 Å². The number of aromatic nitrogens is 2. The molecule has 0 aliphatic heterocycles. The summed E-state index contributed by atoms with van der Waals surface area (Å²) in [5, 5.41) is 1.42. The maximum absolute atomic E-state index is 13.0. The van der Waals surface area contributed by atoms with Crippen LogP contribution in [0.3, 0.4) is 0 Å². The van der Waals surface area contributed by atoms with E-state index in [0.29, 0.717) is 32.7 Å². The second-order valence-electron chi connectivity index (χ2n) is 6.32. The van der Waals surface area contributed by atoms with Gasteiger partial charge in [0.25, 0.3) is 5.54 Å². The topological polar surface area (TPSA) is 56.3 Å². The Balaban J connectivity index is 2.58. The summed E-state index contributed by atoms with van der Waals surface area (Å²) in [6, 6.07) is 6.75. The fraction of sp³-hybridized carbons (Fsp3) is 0.263. The molecule has 5 nitrogen and oxygen atoms in total. The molecule has 3 aromatic rings. The maximum Gasteiger partial charge on any atom is 0.268 e. The van der Waals surface area contributed by atoms with Crippen LogP contribution in [0.5, 0.6) is 0 Å². The van der Waals surface area contributed by atoms with Crippen molar-refractivity contribution in [3.63, 3.8) is 0 Å². The molecule has 0 saturated heterocycles. The van der Waals surface area contributed by atoms with Crippen molar-refractivity contribution in [3.8, 4) is 0 Å². The van der Waals surface area contributed by atoms with Gasteiger partial charge in [0.05, 0.1) is 27.4 Å². The van der Waals surface area contributed by atoms with E-state index < -0.39 is 5.54 Å². The van der Waals surface area contributed by atoms with Crippen LogP contribution in [0, 0.1) is 6.57 Å². The number of carbonyl (C=O) groups excluding carboxylic acids is 1. The van der Waals surface area contributed by atoms with E-state index in [-0.39, 0.29) is 12.0 Å². The Morgan fingerprint density at radius 3 is 2.62 bits per heavy atom. The zero-order chi connectivity index (χ0) is 19.1. The van der Waals surface area contributed by atoms with Crippen molar-refractivity contribution in [3.05, 3.63) is 56.6 Å². The van der Waals surface area contributed by atoms with E-state index in [1.54, 1.807) is 42.7 Å². The first-order valence-corrected chi connectivity index (χ1v) is 9.48. The van der Waals surface area contributed by atoms with Crippen molar-refractivity contribution in [2.24, 2.45) is 0 Å². The normalized spacial score (nSPS) is 11.7. The van der Waals surface area contributed by atoms with E-state index in [9.17, 15) is 9.59 Å². The number of fused-ring (bicyclic) bond motifs is 2. The number of halogens is 1. The maximum atomic E-state index is 13.0. The van der Waals surface area contributed by atoms with E-state index in [2.05, 4.69) is 9.83 Å². The summed E-state index contributed by atoms with van der Waals surface area (Å²) in [6.07, 6.45) is 2.63. The highest BCUT2D eigenvalue weighted by Gasteiger charge is 2.29. The van der Waals surface area contributed by atoms with Gasteiger partial charge in [-0.25, -0.2) is 11.6 Å². The predicted octanol–water partition coefficient (Wildman–Crippen LogP) is 4.28. The Hall–Kier alpha value is -2.36. The lowest BCUT2D eigenvalue weighted by atomic mass is 10.0. The highest BCUT2D eigenvalue weighted by Crippen LogP contribution is 2.34. The van der Waals surface area contributed by atoms with Crippen LogP contribution < -0.4 is 5.43 Å². The van der Waals surface area contributed by atoms with Crippen LogP contribution in [0.4, 0.5) is 0 Å². The Bertz CT molecular complexity index is 1150. The number of hydrogen-bond donors (Lipinski definition) is 0. The minimum Gasteiger partial charge on any atom is -0.317 e. The Morgan fingerprint density at radius 2 is 2.00 bits per heavy atom. The first-order chi connectivity index (χ1) is 12.4. The summed E-state index contributed by atoms with van der Waals surface area (Å²) in [6.45, 7) is 11.0. The largest absolute Gasteiger partial charge is 0.317 e. The van der Waals surface area contributed by atoms with E-state index in [0.717, 1.165) is 11.2 Å². The molecule has 2 heterocycles. The molecule has 2 aromatic heterocycles. The van der Waals surface area contributed by atoms with Gasteiger partial charge in [-0.1, -0.05) is 11.6 Å². The third-order valence-electron chi connectivity index (χ3n) is 4.34. The number of aldehydes is 1. The van der Waals surface area contributed by atoms with Gasteiger partial charge in [-0.15, -0.1) is 11.8 Å². The number of thioether (sulfide) groups is 1. The summed E-state index contributed by atoms with van der Waals surface area (Å²) in [7, 11) is 0. The van der Waals surface area contributed by atoms with E-state index in [1.807, 2.05) is 6.26 Å². The second kappa shape index (κ2) is 6.75. The van der Waals surface area contributed by atoms with Crippen molar-refractivity contribution < 1.29 is 4.79 Å². The highest BCUT2D eigenvalue weighted by molar-refractivity contribution is 7.99. The van der Waals surface area contributed by atoms with Crippen molar-refractivity contribution in [1.82, 2.24) is 9.55 Å². The second-order valence-corrected chi connectivity index (χ2v) is 7.55. The molecule has 132 valence electrons. The monoisotopic (exact) mass is 385 g/mol. The molecule has 0 bridgehead atoms. The average molecular weight is 386 g/mol. The lowest BCUT2D eigenvalue weighted by Crippen LogP contribution is -2.18. The summed E-state index contributed by atoms with van der Waals surface area (Å²) in [5.41, 5.74) is 0.540. The van der Waals surface area contributed by atoms with Gasteiger partial charge in [-0.2, -0.15) is 0 Å². The number of carbonyl (C=O) groups is 1. The molecule has 7 heteroatoms. The zero-order valence-corrected chi connectivity index (χ0v) is 16.1. The summed E-state index contributed by atoms with van der Waals surface area (Å²) in [4.78, 5) is 33.3. The molecule has 0 amide bonds. The molecule has 0 fully saturated rings. The minimum atomic E-state index is -0.831. The van der Waals surface area contributed by atoms with Gasteiger partial charge in [-0.3, -0.25) is 4.79 Å². The quantitative estimate of drug-likeness (QED) is 0.291. The predicted molar refractivity (Wildman–Crippen MR) is 106 cm³/mol. The molecule has 26 heavy (non-hydrogen) atoms. The number of hydrogen-bond acceptors (Lipinski definition) is 4. The van der Waals surface area contributed by atoms with Crippen LogP contribution in [-0.4, -0.2) is 22.1 Å². The molecular formula is C19H16ClN3O2S. The number of pyridine rings is 2. The van der Waals surface area contributed by atoms with Crippen LogP contribution in [0.2, 0.25) is 5.02 Å². The number of rotatable bonds is 4. The molecule has 0 radical (unpaired) electrons. The van der Waals surface area contributed by atoms with E-state index >= 15 is 0 Å². The lowest BCUT2D eigenvalue weighted by molar-refractivity contribution is -0.108. The molecule has 0 saturated carbocycles. The first kappa shape index (κ1) is 18.4. The van der Waals surface area contributed by atoms with Crippen molar-refractivity contribution >= 4 is 51.6 Å². The Kier molecular flexibility index (Phi) is 4.78. The summed E-state index contributed by atoms with van der Waals surface area (Å²) < 4.78 is 1.71. The van der Waals surface area contributed by atoms with Crippen molar-refractivity contribution in [1.29, 1.82) is 0 Å². The van der Waals surface area contributed by atoms with Gasteiger partial charge >= 0.3 is 0 Å². The fourth-order valence-corrected chi connectivity index (χ4v) is 3.99. The lowest BCUT2D eigenvalue weighted by Gasteiger charge is -2.17. The molecule has 0 atom stereocenters. The molecule has 1 aromatic carbocycles. The van der Waals surface area contributed by atoms with Crippen LogP contribution in [0.25, 0.3) is 26.8 Å². The van der Waals surface area contributed by atoms with Gasteiger partial charge < -0.3 is 14.2 Å². The van der Waals surface area contributed by atoms with Crippen LogP contribution >= 0.6 is 23.4 Å². The third kappa shape index (κ3) is 2.77. The van der Waals surface area contributed by atoms with Gasteiger partial charge in [0.1, 0.15) is 17.6 Å². The van der Waals surface area contributed by atoms with Crippen LogP contribution in [0.15, 0.2) is 34.0 Å². The zero-order valence-electron chi connectivity index (χ0n) is 14.5. The van der Waals surface area contributed by atoms with Crippen molar-refractivity contribution in [2.45, 2.75) is 30.8 Å². The van der Waals surface area contributed by atoms with E-state index in [1.165, 1.54) is 11.8 Å². The van der Waals surface area contributed by atoms with Gasteiger partial charge in [0, 0.05) is 19.2 Å². The van der Waals surface area contributed by atoms with E-state index in [4.69, 9.17) is 18.2 Å². The number of nitrogens with zero attached hydrogens (tertiary/aromatic N) is 3. The van der Waals surface area contributed by atoms with Crippen LogP contribution in [-0.2, 0) is 16.9 Å². The molecule has 0 aliphatic carbocycles. The number of benzene rings is 1. The molecule has 3 rings (SSSR count). The molecule has 0 unspecified atom stereocenters. The highest BCUT2D eigenvalue weighted by atomic mass is 35.5. The molecule has 0 spiro atoms. The van der Waals surface area contributed by atoms with Crippen LogP contribution in [0.1, 0.15) is 19.5 Å². The standard InChI is InChI=1S/C19H16ClN3O2S/c1-19(2,21-3)14-8-6-12-16(25)11-5-7-13(20)17(26-4)15(11)23(9-10-24)18(12)22-14/h5-8,10H,9H2,1-2,4H3. The molecule has 0 aliphatic rings. The van der Waals surface area contributed by atoms with Gasteiger partial charge in [0.15, 0.2) is 5.43 Å². The summed E-state index contributed by atoms with van der Waals surface area (Å²) in [5.74, 6) is 0. The van der Waals surface area contributed by atoms with Gasteiger partial charge in [0.2, 0.25) is 0 Å². The third-order valence-corrected chi connectivity index (χ3v) is 5.59. The van der Waals surface area contributed by atoms with Crippen molar-refractivity contribution in [2.75, 3.05) is 6.26 Å². The first-order valence-electron chi connectivity index (χ1n) is 7.88. The fourth-order valence-electron chi connectivity index (χ4n) is 2.92. The molecule has 0 N–H and O–H groups in total. The Morgan fingerprint density at radius 1 is 1.31 bits per heavy atom. The smallest absolute Gasteiger partial charge is 0.268 e.